The van der Waals surface area contributed by atoms with Crippen molar-refractivity contribution in [2.45, 2.75) is 6.92 Å². The fourth-order valence-corrected chi connectivity index (χ4v) is 1.77. The lowest BCUT2D eigenvalue weighted by atomic mass is 10.2. The number of aliphatic hydroxyl groups excluding tert-OH is 1. The Hall–Kier alpha value is -0.630. The van der Waals surface area contributed by atoms with E-state index in [4.69, 9.17) is 10.4 Å². The molecule has 1 rings (SSSR count). The van der Waals surface area contributed by atoms with Gasteiger partial charge in [-0.1, -0.05) is 0 Å². The zero-order valence-electron chi connectivity index (χ0n) is 8.82. The summed E-state index contributed by atoms with van der Waals surface area (Å²) in [6.07, 6.45) is 0. The summed E-state index contributed by atoms with van der Waals surface area (Å²) in [5.74, 6) is 0.124. The van der Waals surface area contributed by atoms with Crippen LogP contribution in [0.25, 0.3) is 0 Å². The lowest BCUT2D eigenvalue weighted by molar-refractivity contribution is 0.108. The first kappa shape index (κ1) is 11.4. The van der Waals surface area contributed by atoms with Crippen LogP contribution in [0.4, 0.5) is 0 Å². The van der Waals surface area contributed by atoms with E-state index >= 15 is 0 Å². The van der Waals surface area contributed by atoms with E-state index in [0.29, 0.717) is 0 Å². The van der Waals surface area contributed by atoms with Gasteiger partial charge in [0.1, 0.15) is 0 Å². The number of nitrogens with zero attached hydrogens (tertiary/aromatic N) is 3. The van der Waals surface area contributed by atoms with Crippen molar-refractivity contribution in [2.75, 3.05) is 45.9 Å². The number of piperazine rings is 1. The topological polar surface area (TPSA) is 50.5 Å². The molecule has 4 heteroatoms. The molecule has 1 aliphatic rings. The molecule has 1 unspecified atom stereocenters. The van der Waals surface area contributed by atoms with Crippen LogP contribution in [0.15, 0.2) is 0 Å². The maximum Gasteiger partial charge on any atom is 0.0666 e. The van der Waals surface area contributed by atoms with Crippen molar-refractivity contribution in [3.63, 3.8) is 0 Å². The molecule has 0 radical (unpaired) electrons. The van der Waals surface area contributed by atoms with Gasteiger partial charge in [0.15, 0.2) is 0 Å². The Bertz CT molecular complexity index is 194. The van der Waals surface area contributed by atoms with Gasteiger partial charge in [-0.05, 0) is 6.92 Å². The van der Waals surface area contributed by atoms with E-state index in [0.717, 1.165) is 39.3 Å². The third-order valence-electron chi connectivity index (χ3n) is 2.63. The average molecular weight is 197 g/mol. The zero-order chi connectivity index (χ0) is 10.4. The number of aliphatic hydroxyl groups is 1. The first-order valence-electron chi connectivity index (χ1n) is 5.21. The lowest BCUT2D eigenvalue weighted by Gasteiger charge is -2.34. The van der Waals surface area contributed by atoms with Gasteiger partial charge in [-0.2, -0.15) is 5.26 Å². The van der Waals surface area contributed by atoms with Crippen molar-refractivity contribution in [3.05, 3.63) is 0 Å². The van der Waals surface area contributed by atoms with Crippen molar-refractivity contribution in [1.82, 2.24) is 9.80 Å². The van der Waals surface area contributed by atoms with Gasteiger partial charge < -0.3 is 5.11 Å². The Balaban J connectivity index is 2.19. The highest BCUT2D eigenvalue weighted by molar-refractivity contribution is 4.83. The minimum Gasteiger partial charge on any atom is -0.395 e. The first-order valence-corrected chi connectivity index (χ1v) is 5.21. The smallest absolute Gasteiger partial charge is 0.0666 e. The van der Waals surface area contributed by atoms with Gasteiger partial charge in [0.25, 0.3) is 0 Å². The maximum atomic E-state index is 8.77. The summed E-state index contributed by atoms with van der Waals surface area (Å²) in [6.45, 7) is 7.93. The normalized spacial score (nSPS) is 21.8. The molecule has 1 heterocycles. The molecule has 0 spiro atoms. The third kappa shape index (κ3) is 3.62. The van der Waals surface area contributed by atoms with Crippen LogP contribution in [0.5, 0.6) is 0 Å². The molecule has 4 nitrogen and oxygen atoms in total. The van der Waals surface area contributed by atoms with E-state index in [1.807, 2.05) is 6.92 Å². The molecule has 0 bridgehead atoms. The van der Waals surface area contributed by atoms with Gasteiger partial charge in [0.05, 0.1) is 18.6 Å². The summed E-state index contributed by atoms with van der Waals surface area (Å²) in [7, 11) is 0. The summed E-state index contributed by atoms with van der Waals surface area (Å²) in [5, 5.41) is 17.5. The molecule has 1 N–H and O–H groups in total. The lowest BCUT2D eigenvalue weighted by Crippen LogP contribution is -2.48. The molecule has 0 saturated carbocycles. The molecule has 0 aromatic rings. The number of hydrogen-bond acceptors (Lipinski definition) is 4. The molecule has 14 heavy (non-hydrogen) atoms. The molecular formula is C10H19N3O. The average Bonchev–Trinajstić information content (AvgIpc) is 2.21. The molecular weight excluding hydrogens is 178 g/mol. The predicted octanol–water partition coefficient (Wildman–Crippen LogP) is -0.244. The van der Waals surface area contributed by atoms with Gasteiger partial charge >= 0.3 is 0 Å². The number of rotatable bonds is 4. The van der Waals surface area contributed by atoms with Gasteiger partial charge in [-0.15, -0.1) is 0 Å². The van der Waals surface area contributed by atoms with Crippen LogP contribution < -0.4 is 0 Å². The van der Waals surface area contributed by atoms with Crippen LogP contribution in [-0.4, -0.2) is 60.8 Å². The SMILES string of the molecule is CC(C#N)CN1CCN(CCO)CC1. The van der Waals surface area contributed by atoms with Crippen molar-refractivity contribution in [1.29, 1.82) is 5.26 Å². The minimum absolute atomic E-state index is 0.124. The Morgan fingerprint density at radius 2 is 1.86 bits per heavy atom. The molecule has 1 aliphatic heterocycles. The van der Waals surface area contributed by atoms with Gasteiger partial charge in [0.2, 0.25) is 0 Å². The highest BCUT2D eigenvalue weighted by atomic mass is 16.3. The van der Waals surface area contributed by atoms with E-state index in [2.05, 4.69) is 15.9 Å². The van der Waals surface area contributed by atoms with Gasteiger partial charge in [-0.3, -0.25) is 9.80 Å². The highest BCUT2D eigenvalue weighted by Gasteiger charge is 2.17. The highest BCUT2D eigenvalue weighted by Crippen LogP contribution is 2.04. The summed E-state index contributed by atoms with van der Waals surface area (Å²) in [6, 6.07) is 2.25. The van der Waals surface area contributed by atoms with Crippen LogP contribution >= 0.6 is 0 Å². The van der Waals surface area contributed by atoms with Crippen LogP contribution in [-0.2, 0) is 0 Å². The summed E-state index contributed by atoms with van der Waals surface area (Å²) in [5.41, 5.74) is 0. The monoisotopic (exact) mass is 197 g/mol. The Labute approximate surface area is 85.7 Å². The number of hydrogen-bond donors (Lipinski definition) is 1. The molecule has 0 amide bonds. The quantitative estimate of drug-likeness (QED) is 0.675. The maximum absolute atomic E-state index is 8.77. The largest absolute Gasteiger partial charge is 0.395 e. The first-order chi connectivity index (χ1) is 6.76. The molecule has 1 saturated heterocycles. The second-order valence-corrected chi connectivity index (χ2v) is 3.90. The number of β-amino-alcohol motifs (C(OH)–C–C–N with tert-alkyl or cyclic N) is 1. The molecule has 0 aromatic heterocycles. The third-order valence-corrected chi connectivity index (χ3v) is 2.63. The van der Waals surface area contributed by atoms with Gasteiger partial charge in [0, 0.05) is 39.3 Å². The molecule has 1 atom stereocenters. The summed E-state index contributed by atoms with van der Waals surface area (Å²) < 4.78 is 0. The second kappa shape index (κ2) is 5.97. The predicted molar refractivity (Wildman–Crippen MR) is 54.7 cm³/mol. The Morgan fingerprint density at radius 3 is 2.36 bits per heavy atom. The van der Waals surface area contributed by atoms with Crippen LogP contribution in [0, 0.1) is 17.2 Å². The standard InChI is InChI=1S/C10H19N3O/c1-10(8-11)9-13-4-2-12(3-5-13)6-7-14/h10,14H,2-7,9H2,1H3. The molecule has 1 fully saturated rings. The minimum atomic E-state index is 0.124. The van der Waals surface area contributed by atoms with E-state index in [1.54, 1.807) is 0 Å². The van der Waals surface area contributed by atoms with E-state index < -0.39 is 0 Å². The van der Waals surface area contributed by atoms with Gasteiger partial charge in [-0.25, -0.2) is 0 Å². The van der Waals surface area contributed by atoms with E-state index in [1.165, 1.54) is 0 Å². The summed E-state index contributed by atoms with van der Waals surface area (Å²) >= 11 is 0. The van der Waals surface area contributed by atoms with Crippen LogP contribution in [0.1, 0.15) is 6.92 Å². The van der Waals surface area contributed by atoms with Crippen molar-refractivity contribution < 1.29 is 5.11 Å². The van der Waals surface area contributed by atoms with Crippen LogP contribution in [0.3, 0.4) is 0 Å². The van der Waals surface area contributed by atoms with Crippen molar-refractivity contribution in [2.24, 2.45) is 5.92 Å². The van der Waals surface area contributed by atoms with Crippen molar-refractivity contribution >= 4 is 0 Å². The summed E-state index contributed by atoms with van der Waals surface area (Å²) in [4.78, 5) is 4.58. The van der Waals surface area contributed by atoms with Crippen LogP contribution in [0.2, 0.25) is 0 Å². The Kier molecular flexibility index (Phi) is 4.88. The fraction of sp³-hybridized carbons (Fsp3) is 0.900. The molecule has 80 valence electrons. The Morgan fingerprint density at radius 1 is 1.29 bits per heavy atom. The zero-order valence-corrected chi connectivity index (χ0v) is 8.82. The second-order valence-electron chi connectivity index (χ2n) is 3.90. The number of nitriles is 1. The van der Waals surface area contributed by atoms with E-state index in [-0.39, 0.29) is 12.5 Å². The molecule has 0 aromatic carbocycles. The molecule has 0 aliphatic carbocycles. The fourth-order valence-electron chi connectivity index (χ4n) is 1.77. The van der Waals surface area contributed by atoms with E-state index in [9.17, 15) is 0 Å². The van der Waals surface area contributed by atoms with Crippen molar-refractivity contribution in [3.8, 4) is 6.07 Å².